The number of rotatable bonds is 10. The highest BCUT2D eigenvalue weighted by Crippen LogP contribution is 2.12. The number of Topliss-reactive ketones (excluding diaryl/α,β-unsaturated/α-hetero) is 1. The summed E-state index contributed by atoms with van der Waals surface area (Å²) in [6.07, 6.45) is 0.396. The van der Waals surface area contributed by atoms with Crippen molar-refractivity contribution in [2.75, 3.05) is 13.2 Å². The van der Waals surface area contributed by atoms with E-state index in [0.29, 0.717) is 18.7 Å². The highest BCUT2D eigenvalue weighted by atomic mass is 16.5. The van der Waals surface area contributed by atoms with Gasteiger partial charge in [-0.15, -0.1) is 0 Å². The molecule has 0 aliphatic carbocycles. The maximum Gasteiger partial charge on any atom is 0.307 e. The Bertz CT molecular complexity index is 784. The number of ether oxygens (including phenoxy) is 1. The molecule has 0 fully saturated rings. The summed E-state index contributed by atoms with van der Waals surface area (Å²) in [7, 11) is 0. The molecule has 0 bridgehead atoms. The number of carbonyl (C=O) groups is 3. The molecule has 0 N–H and O–H groups in total. The summed E-state index contributed by atoms with van der Waals surface area (Å²) in [4.78, 5) is 38.3. The quantitative estimate of drug-likeness (QED) is 0.462. The Balaban J connectivity index is 1.99. The number of carbonyl (C=O) groups excluding carboxylic acids is 3. The van der Waals surface area contributed by atoms with Crippen LogP contribution < -0.4 is 0 Å². The summed E-state index contributed by atoms with van der Waals surface area (Å²) >= 11 is 0. The Morgan fingerprint density at radius 1 is 0.893 bits per heavy atom. The van der Waals surface area contributed by atoms with Crippen molar-refractivity contribution < 1.29 is 19.1 Å². The molecule has 5 heteroatoms. The van der Waals surface area contributed by atoms with Gasteiger partial charge in [-0.3, -0.25) is 14.4 Å². The molecule has 0 atom stereocenters. The molecule has 0 radical (unpaired) electrons. The van der Waals surface area contributed by atoms with Crippen molar-refractivity contribution in [1.29, 1.82) is 0 Å². The van der Waals surface area contributed by atoms with Gasteiger partial charge in [0.1, 0.15) is 0 Å². The van der Waals surface area contributed by atoms with E-state index in [1.807, 2.05) is 37.3 Å². The fraction of sp³-hybridized carbons (Fsp3) is 0.348. The van der Waals surface area contributed by atoms with Gasteiger partial charge in [-0.1, -0.05) is 60.2 Å². The molecule has 0 aliphatic rings. The van der Waals surface area contributed by atoms with Crippen LogP contribution in [0.15, 0.2) is 54.6 Å². The molecule has 5 nitrogen and oxygen atoms in total. The van der Waals surface area contributed by atoms with Crippen molar-refractivity contribution >= 4 is 17.7 Å². The van der Waals surface area contributed by atoms with E-state index in [0.717, 1.165) is 11.1 Å². The van der Waals surface area contributed by atoms with Crippen molar-refractivity contribution in [3.8, 4) is 0 Å². The van der Waals surface area contributed by atoms with E-state index in [-0.39, 0.29) is 43.5 Å². The van der Waals surface area contributed by atoms with Gasteiger partial charge in [0.05, 0.1) is 13.0 Å². The maximum atomic E-state index is 12.7. The van der Waals surface area contributed by atoms with E-state index >= 15 is 0 Å². The summed E-state index contributed by atoms with van der Waals surface area (Å²) in [5, 5.41) is 0. The first-order valence-electron chi connectivity index (χ1n) is 9.56. The van der Waals surface area contributed by atoms with E-state index in [1.165, 1.54) is 0 Å². The van der Waals surface area contributed by atoms with Crippen LogP contribution >= 0.6 is 0 Å². The summed E-state index contributed by atoms with van der Waals surface area (Å²) in [6, 6.07) is 16.9. The molecule has 2 aromatic rings. The van der Waals surface area contributed by atoms with Crippen LogP contribution in [-0.2, 0) is 20.9 Å². The standard InChI is InChI=1S/C23H27NO4/c1-3-28-23(27)15-16-24(17-19-11-9-18(2)10-12-19)22(26)14-13-21(25)20-7-5-4-6-8-20/h4-12H,3,13-17H2,1-2H3. The lowest BCUT2D eigenvalue weighted by molar-refractivity contribution is -0.144. The predicted molar refractivity (Wildman–Crippen MR) is 108 cm³/mol. The zero-order chi connectivity index (χ0) is 20.4. The number of hydrogen-bond acceptors (Lipinski definition) is 4. The molecule has 2 rings (SSSR count). The molecule has 0 saturated heterocycles. The van der Waals surface area contributed by atoms with Crippen LogP contribution in [0.3, 0.4) is 0 Å². The zero-order valence-electron chi connectivity index (χ0n) is 16.5. The minimum atomic E-state index is -0.329. The summed E-state index contributed by atoms with van der Waals surface area (Å²) in [5.41, 5.74) is 2.73. The molecule has 0 spiro atoms. The third-order valence-corrected chi connectivity index (χ3v) is 4.40. The van der Waals surface area contributed by atoms with Crippen LogP contribution in [0.4, 0.5) is 0 Å². The molecule has 0 aromatic heterocycles. The third kappa shape index (κ3) is 6.99. The molecular weight excluding hydrogens is 354 g/mol. The van der Waals surface area contributed by atoms with Gasteiger partial charge in [0.25, 0.3) is 0 Å². The van der Waals surface area contributed by atoms with E-state index in [9.17, 15) is 14.4 Å². The molecular formula is C23H27NO4. The number of aryl methyl sites for hydroxylation is 1. The van der Waals surface area contributed by atoms with Crippen LogP contribution in [0.5, 0.6) is 0 Å². The van der Waals surface area contributed by atoms with E-state index in [1.54, 1.807) is 36.1 Å². The molecule has 28 heavy (non-hydrogen) atoms. The first-order valence-corrected chi connectivity index (χ1v) is 9.56. The lowest BCUT2D eigenvalue weighted by Crippen LogP contribution is -2.33. The lowest BCUT2D eigenvalue weighted by Gasteiger charge is -2.22. The predicted octanol–water partition coefficient (Wildman–Crippen LogP) is 3.94. The fourth-order valence-corrected chi connectivity index (χ4v) is 2.81. The van der Waals surface area contributed by atoms with Crippen molar-refractivity contribution in [2.24, 2.45) is 0 Å². The first-order chi connectivity index (χ1) is 13.5. The Hall–Kier alpha value is -2.95. The highest BCUT2D eigenvalue weighted by Gasteiger charge is 2.18. The summed E-state index contributed by atoms with van der Waals surface area (Å²) < 4.78 is 4.96. The minimum Gasteiger partial charge on any atom is -0.466 e. The second-order valence-corrected chi connectivity index (χ2v) is 6.65. The van der Waals surface area contributed by atoms with Crippen molar-refractivity contribution in [1.82, 2.24) is 4.90 Å². The van der Waals surface area contributed by atoms with Crippen LogP contribution in [0.1, 0.15) is 47.7 Å². The fourth-order valence-electron chi connectivity index (χ4n) is 2.81. The van der Waals surface area contributed by atoms with Crippen molar-refractivity contribution in [2.45, 2.75) is 39.7 Å². The van der Waals surface area contributed by atoms with Gasteiger partial charge in [0.15, 0.2) is 5.78 Å². The minimum absolute atomic E-state index is 0.0605. The monoisotopic (exact) mass is 381 g/mol. The van der Waals surface area contributed by atoms with Gasteiger partial charge in [0.2, 0.25) is 5.91 Å². The Morgan fingerprint density at radius 2 is 1.57 bits per heavy atom. The molecule has 0 aliphatic heterocycles. The molecule has 0 unspecified atom stereocenters. The normalized spacial score (nSPS) is 10.4. The van der Waals surface area contributed by atoms with Crippen molar-refractivity contribution in [3.63, 3.8) is 0 Å². The van der Waals surface area contributed by atoms with E-state index in [2.05, 4.69) is 0 Å². The van der Waals surface area contributed by atoms with E-state index in [4.69, 9.17) is 4.74 Å². The Labute approximate surface area is 166 Å². The smallest absolute Gasteiger partial charge is 0.307 e. The van der Waals surface area contributed by atoms with Crippen molar-refractivity contribution in [3.05, 3.63) is 71.3 Å². The molecule has 2 aromatic carbocycles. The van der Waals surface area contributed by atoms with Gasteiger partial charge < -0.3 is 9.64 Å². The first kappa shape index (κ1) is 21.4. The average molecular weight is 381 g/mol. The topological polar surface area (TPSA) is 63.7 Å². The molecule has 0 heterocycles. The average Bonchev–Trinajstić information content (AvgIpc) is 2.71. The van der Waals surface area contributed by atoms with Gasteiger partial charge in [-0.25, -0.2) is 0 Å². The van der Waals surface area contributed by atoms with Crippen LogP contribution in [0.2, 0.25) is 0 Å². The number of amides is 1. The number of esters is 1. The van der Waals surface area contributed by atoms with E-state index < -0.39 is 0 Å². The van der Waals surface area contributed by atoms with Crippen LogP contribution in [-0.4, -0.2) is 35.7 Å². The number of nitrogens with zero attached hydrogens (tertiary/aromatic N) is 1. The largest absolute Gasteiger partial charge is 0.466 e. The number of benzene rings is 2. The second kappa shape index (κ2) is 11.0. The van der Waals surface area contributed by atoms with Gasteiger partial charge in [0, 0.05) is 31.5 Å². The molecule has 148 valence electrons. The zero-order valence-corrected chi connectivity index (χ0v) is 16.5. The second-order valence-electron chi connectivity index (χ2n) is 6.65. The van der Waals surface area contributed by atoms with Crippen LogP contribution in [0, 0.1) is 6.92 Å². The Kier molecular flexibility index (Phi) is 8.40. The number of hydrogen-bond donors (Lipinski definition) is 0. The molecule has 1 amide bonds. The summed E-state index contributed by atoms with van der Waals surface area (Å²) in [6.45, 7) is 4.74. The maximum absolute atomic E-state index is 12.7. The third-order valence-electron chi connectivity index (χ3n) is 4.40. The molecule has 0 saturated carbocycles. The lowest BCUT2D eigenvalue weighted by atomic mass is 10.1. The number of ketones is 1. The summed E-state index contributed by atoms with van der Waals surface area (Å²) in [5.74, 6) is -0.534. The Morgan fingerprint density at radius 3 is 2.21 bits per heavy atom. The van der Waals surface area contributed by atoms with Gasteiger partial charge in [-0.2, -0.15) is 0 Å². The van der Waals surface area contributed by atoms with Gasteiger partial charge >= 0.3 is 5.97 Å². The van der Waals surface area contributed by atoms with Crippen LogP contribution in [0.25, 0.3) is 0 Å². The highest BCUT2D eigenvalue weighted by molar-refractivity contribution is 5.97. The SMILES string of the molecule is CCOC(=O)CCN(Cc1ccc(C)cc1)C(=O)CCC(=O)c1ccccc1. The van der Waals surface area contributed by atoms with Gasteiger partial charge in [-0.05, 0) is 19.4 Å².